The summed E-state index contributed by atoms with van der Waals surface area (Å²) in [6.45, 7) is 1.72. The number of anilines is 2. The van der Waals surface area contributed by atoms with E-state index in [0.29, 0.717) is 18.9 Å². The molecule has 2 heterocycles. The summed E-state index contributed by atoms with van der Waals surface area (Å²) in [5, 5.41) is 5.87. The molecule has 6 heteroatoms. The van der Waals surface area contributed by atoms with Crippen LogP contribution in [0.2, 0.25) is 0 Å². The van der Waals surface area contributed by atoms with E-state index < -0.39 is 0 Å². The second kappa shape index (κ2) is 5.78. The van der Waals surface area contributed by atoms with Gasteiger partial charge in [-0.15, -0.1) is 0 Å². The van der Waals surface area contributed by atoms with Gasteiger partial charge in [0.15, 0.2) is 5.82 Å². The maximum absolute atomic E-state index is 11.5. The van der Waals surface area contributed by atoms with Crippen LogP contribution in [0.3, 0.4) is 0 Å². The van der Waals surface area contributed by atoms with E-state index in [1.54, 1.807) is 0 Å². The van der Waals surface area contributed by atoms with Gasteiger partial charge in [-0.1, -0.05) is 30.3 Å². The summed E-state index contributed by atoms with van der Waals surface area (Å²) in [4.78, 5) is 22.6. The van der Waals surface area contributed by atoms with Crippen molar-refractivity contribution in [3.05, 3.63) is 36.4 Å². The number of piperazine rings is 1. The lowest BCUT2D eigenvalue weighted by molar-refractivity contribution is -0.120. The van der Waals surface area contributed by atoms with Gasteiger partial charge in [0.2, 0.25) is 5.91 Å². The number of hydrogen-bond acceptors (Lipinski definition) is 5. The first-order chi connectivity index (χ1) is 10.3. The zero-order valence-corrected chi connectivity index (χ0v) is 11.8. The van der Waals surface area contributed by atoms with Gasteiger partial charge < -0.3 is 15.5 Å². The Balaban J connectivity index is 1.99. The highest BCUT2D eigenvalue weighted by Crippen LogP contribution is 2.22. The zero-order valence-electron chi connectivity index (χ0n) is 11.8. The second-order valence-corrected chi connectivity index (χ2v) is 4.82. The summed E-state index contributed by atoms with van der Waals surface area (Å²) in [6, 6.07) is 11.7. The molecule has 0 radical (unpaired) electrons. The molecule has 1 saturated heterocycles. The van der Waals surface area contributed by atoms with E-state index >= 15 is 0 Å². The minimum Gasteiger partial charge on any atom is -0.373 e. The number of nitrogens with one attached hydrogen (secondary N) is 2. The Morgan fingerprint density at radius 3 is 2.76 bits per heavy atom. The quantitative estimate of drug-likeness (QED) is 0.883. The van der Waals surface area contributed by atoms with Crippen LogP contribution in [-0.2, 0) is 4.79 Å². The number of carbonyl (C=O) groups is 1. The normalized spacial score (nSPS) is 14.7. The van der Waals surface area contributed by atoms with Gasteiger partial charge in [0, 0.05) is 31.8 Å². The summed E-state index contributed by atoms with van der Waals surface area (Å²) in [5.74, 6) is 2.18. The van der Waals surface area contributed by atoms with Crippen molar-refractivity contribution in [1.82, 2.24) is 15.3 Å². The number of rotatable bonds is 3. The Morgan fingerprint density at radius 2 is 2.05 bits per heavy atom. The molecule has 0 aliphatic carbocycles. The SMILES string of the molecule is CNc1cc(N2CCNC(=O)C2)nc(-c2ccccc2)n1. The van der Waals surface area contributed by atoms with E-state index in [4.69, 9.17) is 0 Å². The van der Waals surface area contributed by atoms with Gasteiger partial charge in [-0.3, -0.25) is 4.79 Å². The van der Waals surface area contributed by atoms with E-state index in [-0.39, 0.29) is 5.91 Å². The van der Waals surface area contributed by atoms with Crippen molar-refractivity contribution in [2.45, 2.75) is 0 Å². The fraction of sp³-hybridized carbons (Fsp3) is 0.267. The standard InChI is InChI=1S/C15H17N5O/c1-16-12-9-13(20-8-7-17-14(21)10-20)19-15(18-12)11-5-3-2-4-6-11/h2-6,9H,7-8,10H2,1H3,(H,17,21)(H,16,18,19). The van der Waals surface area contributed by atoms with E-state index in [2.05, 4.69) is 20.6 Å². The van der Waals surface area contributed by atoms with Crippen LogP contribution in [0.1, 0.15) is 0 Å². The third-order valence-corrected chi connectivity index (χ3v) is 3.36. The van der Waals surface area contributed by atoms with Crippen LogP contribution in [0, 0.1) is 0 Å². The first-order valence-electron chi connectivity index (χ1n) is 6.90. The summed E-state index contributed by atoms with van der Waals surface area (Å²) >= 11 is 0. The Bertz CT molecular complexity index is 644. The minimum atomic E-state index is 0.0205. The number of nitrogens with zero attached hydrogens (tertiary/aromatic N) is 3. The van der Waals surface area contributed by atoms with Gasteiger partial charge in [0.05, 0.1) is 6.54 Å². The van der Waals surface area contributed by atoms with Crippen molar-refractivity contribution in [2.24, 2.45) is 0 Å². The highest BCUT2D eigenvalue weighted by Gasteiger charge is 2.19. The molecule has 1 aliphatic heterocycles. The van der Waals surface area contributed by atoms with Crippen molar-refractivity contribution in [3.8, 4) is 11.4 Å². The Morgan fingerprint density at radius 1 is 1.24 bits per heavy atom. The summed E-state index contributed by atoms with van der Waals surface area (Å²) in [6.07, 6.45) is 0. The lowest BCUT2D eigenvalue weighted by atomic mass is 10.2. The van der Waals surface area contributed by atoms with Crippen LogP contribution in [0.15, 0.2) is 36.4 Å². The van der Waals surface area contributed by atoms with Gasteiger partial charge in [0.25, 0.3) is 0 Å². The van der Waals surface area contributed by atoms with E-state index in [9.17, 15) is 4.79 Å². The minimum absolute atomic E-state index is 0.0205. The van der Waals surface area contributed by atoms with Crippen LogP contribution in [-0.4, -0.2) is 42.6 Å². The number of aromatic nitrogens is 2. The molecule has 1 fully saturated rings. The van der Waals surface area contributed by atoms with Crippen LogP contribution < -0.4 is 15.5 Å². The monoisotopic (exact) mass is 283 g/mol. The fourth-order valence-electron chi connectivity index (χ4n) is 2.27. The second-order valence-electron chi connectivity index (χ2n) is 4.82. The number of carbonyl (C=O) groups excluding carboxylic acids is 1. The summed E-state index contributed by atoms with van der Waals surface area (Å²) in [5.41, 5.74) is 0.956. The molecule has 0 unspecified atom stereocenters. The van der Waals surface area contributed by atoms with Crippen molar-refractivity contribution in [1.29, 1.82) is 0 Å². The van der Waals surface area contributed by atoms with E-state index in [1.807, 2.05) is 48.3 Å². The summed E-state index contributed by atoms with van der Waals surface area (Å²) in [7, 11) is 1.82. The van der Waals surface area contributed by atoms with Gasteiger partial charge in [-0.2, -0.15) is 0 Å². The van der Waals surface area contributed by atoms with E-state index in [0.717, 1.165) is 23.7 Å². The molecule has 1 aromatic heterocycles. The first-order valence-corrected chi connectivity index (χ1v) is 6.90. The Labute approximate surface area is 123 Å². The molecule has 6 nitrogen and oxygen atoms in total. The van der Waals surface area contributed by atoms with E-state index in [1.165, 1.54) is 0 Å². The molecule has 2 aromatic rings. The van der Waals surface area contributed by atoms with Gasteiger partial charge >= 0.3 is 0 Å². The third kappa shape index (κ3) is 2.94. The molecule has 21 heavy (non-hydrogen) atoms. The highest BCUT2D eigenvalue weighted by atomic mass is 16.2. The molecular formula is C15H17N5O. The van der Waals surface area contributed by atoms with Crippen molar-refractivity contribution in [2.75, 3.05) is 36.9 Å². The molecular weight excluding hydrogens is 266 g/mol. The Hall–Kier alpha value is -2.63. The Kier molecular flexibility index (Phi) is 3.68. The maximum Gasteiger partial charge on any atom is 0.239 e. The lowest BCUT2D eigenvalue weighted by Crippen LogP contribution is -2.48. The predicted octanol–water partition coefficient (Wildman–Crippen LogP) is 1.12. The zero-order chi connectivity index (χ0) is 14.7. The van der Waals surface area contributed by atoms with Crippen LogP contribution >= 0.6 is 0 Å². The number of hydrogen-bond donors (Lipinski definition) is 2. The molecule has 1 amide bonds. The lowest BCUT2D eigenvalue weighted by Gasteiger charge is -2.28. The van der Waals surface area contributed by atoms with Gasteiger partial charge in [0.1, 0.15) is 11.6 Å². The molecule has 0 spiro atoms. The molecule has 0 atom stereocenters. The molecule has 108 valence electrons. The predicted molar refractivity (Wildman–Crippen MR) is 82.2 cm³/mol. The first kappa shape index (κ1) is 13.4. The van der Waals surface area contributed by atoms with Crippen LogP contribution in [0.5, 0.6) is 0 Å². The van der Waals surface area contributed by atoms with Gasteiger partial charge in [-0.25, -0.2) is 9.97 Å². The van der Waals surface area contributed by atoms with Crippen LogP contribution in [0.25, 0.3) is 11.4 Å². The summed E-state index contributed by atoms with van der Waals surface area (Å²) < 4.78 is 0. The van der Waals surface area contributed by atoms with Gasteiger partial charge in [-0.05, 0) is 0 Å². The smallest absolute Gasteiger partial charge is 0.239 e. The molecule has 3 rings (SSSR count). The van der Waals surface area contributed by atoms with Crippen molar-refractivity contribution in [3.63, 3.8) is 0 Å². The number of amides is 1. The molecule has 2 N–H and O–H groups in total. The molecule has 0 saturated carbocycles. The largest absolute Gasteiger partial charge is 0.373 e. The van der Waals surface area contributed by atoms with Crippen molar-refractivity contribution < 1.29 is 4.79 Å². The average Bonchev–Trinajstić information content (AvgIpc) is 2.55. The molecule has 1 aliphatic rings. The average molecular weight is 283 g/mol. The highest BCUT2D eigenvalue weighted by molar-refractivity contribution is 5.82. The van der Waals surface area contributed by atoms with Crippen LogP contribution in [0.4, 0.5) is 11.6 Å². The number of benzene rings is 1. The fourth-order valence-corrected chi connectivity index (χ4v) is 2.27. The van der Waals surface area contributed by atoms with Crippen molar-refractivity contribution >= 4 is 17.5 Å². The molecule has 1 aromatic carbocycles. The molecule has 0 bridgehead atoms. The topological polar surface area (TPSA) is 70.2 Å². The third-order valence-electron chi connectivity index (χ3n) is 3.36. The maximum atomic E-state index is 11.5.